The molecule has 220 valence electrons. The van der Waals surface area contributed by atoms with Crippen molar-refractivity contribution in [1.82, 2.24) is 9.88 Å². The van der Waals surface area contributed by atoms with Gasteiger partial charge >= 0.3 is 18.2 Å². The first-order valence-corrected chi connectivity index (χ1v) is 14.2. The summed E-state index contributed by atoms with van der Waals surface area (Å²) in [6, 6.07) is 7.70. The number of aromatic nitrogens is 1. The summed E-state index contributed by atoms with van der Waals surface area (Å²) in [7, 11) is 1.27. The van der Waals surface area contributed by atoms with Gasteiger partial charge in [0.05, 0.1) is 24.8 Å². The summed E-state index contributed by atoms with van der Waals surface area (Å²) in [5.74, 6) is -0.508. The van der Waals surface area contributed by atoms with E-state index in [0.29, 0.717) is 42.3 Å². The molecule has 2 aromatic rings. The van der Waals surface area contributed by atoms with Crippen molar-refractivity contribution in [3.05, 3.63) is 41.0 Å². The Morgan fingerprint density at radius 3 is 2.34 bits per heavy atom. The smallest absolute Gasteiger partial charge is 0.417 e. The molecule has 0 unspecified atom stereocenters. The molecule has 2 saturated heterocycles. The fourth-order valence-corrected chi connectivity index (χ4v) is 5.64. The number of anilines is 3. The zero-order valence-electron chi connectivity index (χ0n) is 23.5. The van der Waals surface area contributed by atoms with E-state index in [1.807, 2.05) is 0 Å². The average molecular weight is 592 g/mol. The van der Waals surface area contributed by atoms with E-state index in [-0.39, 0.29) is 29.9 Å². The van der Waals surface area contributed by atoms with Gasteiger partial charge in [0.25, 0.3) is 0 Å². The average Bonchev–Trinajstić information content (AvgIpc) is 3.47. The molecule has 0 saturated carbocycles. The number of nitrogens with one attached hydrogen (secondary N) is 1. The first-order valence-electron chi connectivity index (χ1n) is 13.0. The van der Waals surface area contributed by atoms with Crippen LogP contribution in [0, 0.1) is 23.2 Å². The minimum atomic E-state index is -4.79. The number of carbonyl (C=O) groups excluding carboxylic acids is 2. The second kappa shape index (κ2) is 11.7. The van der Waals surface area contributed by atoms with Gasteiger partial charge in [-0.1, -0.05) is 6.07 Å². The van der Waals surface area contributed by atoms with Crippen molar-refractivity contribution < 1.29 is 32.2 Å². The van der Waals surface area contributed by atoms with Gasteiger partial charge in [0, 0.05) is 42.9 Å². The van der Waals surface area contributed by atoms with Crippen LogP contribution < -0.4 is 10.2 Å². The Hall–Kier alpha value is -3.66. The Bertz CT molecular complexity index is 1360. The highest BCUT2D eigenvalue weighted by atomic mass is 32.2. The zero-order valence-corrected chi connectivity index (χ0v) is 24.3. The second-order valence-corrected chi connectivity index (χ2v) is 11.9. The predicted molar refractivity (Wildman–Crippen MR) is 148 cm³/mol. The van der Waals surface area contributed by atoms with Crippen LogP contribution in [0.1, 0.15) is 37.5 Å². The molecule has 0 aliphatic carbocycles. The molecule has 2 aliphatic rings. The number of esters is 1. The quantitative estimate of drug-likeness (QED) is 0.346. The summed E-state index contributed by atoms with van der Waals surface area (Å²) >= 11 is 1.35. The molecule has 2 aliphatic heterocycles. The van der Waals surface area contributed by atoms with Gasteiger partial charge in [0.1, 0.15) is 23.1 Å². The van der Waals surface area contributed by atoms with Gasteiger partial charge in [0.15, 0.2) is 5.82 Å². The first kappa shape index (κ1) is 30.3. The number of benzene rings is 1. The topological polar surface area (TPSA) is 108 Å². The summed E-state index contributed by atoms with van der Waals surface area (Å²) < 4.78 is 52.7. The standard InChI is InChI=1S/C28H32F3N5O4S/c1-27(2,3)40-26(38)36-14-17-12-35(13-18(17)15-36)23-10-20(28(29,30)31)19(11-32)25(34-23)33-21-8-16(9-24(37)39-4)6-7-22(21)41-5/h6-8,10,17-18H,9,12-15H2,1-5H3,(H,33,34)/t17-,18+. The van der Waals surface area contributed by atoms with Gasteiger partial charge in [0.2, 0.25) is 0 Å². The number of halogens is 3. The van der Waals surface area contributed by atoms with Crippen LogP contribution in [0.4, 0.5) is 35.3 Å². The summed E-state index contributed by atoms with van der Waals surface area (Å²) in [5.41, 5.74) is -1.33. The van der Waals surface area contributed by atoms with Crippen LogP contribution in [0.2, 0.25) is 0 Å². The molecule has 3 heterocycles. The van der Waals surface area contributed by atoms with Gasteiger partial charge in [-0.25, -0.2) is 9.78 Å². The Balaban J connectivity index is 1.64. The number of fused-ring (bicyclic) bond motifs is 1. The van der Waals surface area contributed by atoms with Crippen molar-refractivity contribution in [1.29, 1.82) is 5.26 Å². The molecule has 0 radical (unpaired) electrons. The summed E-state index contributed by atoms with van der Waals surface area (Å²) in [6.07, 6.45) is -3.42. The molecule has 1 aromatic carbocycles. The van der Waals surface area contributed by atoms with E-state index < -0.39 is 35.0 Å². The van der Waals surface area contributed by atoms with Gasteiger partial charge in [-0.3, -0.25) is 4.79 Å². The normalized spacial score (nSPS) is 18.6. The number of alkyl halides is 3. The lowest BCUT2D eigenvalue weighted by Crippen LogP contribution is -2.37. The van der Waals surface area contributed by atoms with Crippen LogP contribution in [0.25, 0.3) is 0 Å². The van der Waals surface area contributed by atoms with E-state index in [0.717, 1.165) is 6.07 Å². The molecular weight excluding hydrogens is 559 g/mol. The largest absolute Gasteiger partial charge is 0.469 e. The van der Waals surface area contributed by atoms with Crippen LogP contribution in [0.5, 0.6) is 0 Å². The fourth-order valence-electron chi connectivity index (χ4n) is 5.11. The van der Waals surface area contributed by atoms with Crippen LogP contribution in [0.15, 0.2) is 29.2 Å². The summed E-state index contributed by atoms with van der Waals surface area (Å²) in [4.78, 5) is 32.9. The first-order chi connectivity index (χ1) is 19.2. The number of methoxy groups -OCH3 is 1. The summed E-state index contributed by atoms with van der Waals surface area (Å²) in [6.45, 7) is 7.07. The number of rotatable bonds is 6. The highest BCUT2D eigenvalue weighted by molar-refractivity contribution is 7.98. The van der Waals surface area contributed by atoms with Crippen molar-refractivity contribution in [2.45, 2.75) is 43.9 Å². The number of hydrogen-bond acceptors (Lipinski definition) is 9. The number of hydrogen-bond donors (Lipinski definition) is 1. The van der Waals surface area contributed by atoms with E-state index in [4.69, 9.17) is 9.47 Å². The summed E-state index contributed by atoms with van der Waals surface area (Å²) in [5, 5.41) is 12.7. The Morgan fingerprint density at radius 1 is 1.15 bits per heavy atom. The molecule has 9 nitrogen and oxygen atoms in total. The highest BCUT2D eigenvalue weighted by Gasteiger charge is 2.44. The minimum Gasteiger partial charge on any atom is -0.469 e. The minimum absolute atomic E-state index is 0.0247. The monoisotopic (exact) mass is 591 g/mol. The van der Waals surface area contributed by atoms with Crippen molar-refractivity contribution in [3.63, 3.8) is 0 Å². The number of pyridine rings is 1. The van der Waals surface area contributed by atoms with E-state index in [1.165, 1.54) is 18.9 Å². The van der Waals surface area contributed by atoms with Crippen LogP contribution in [-0.2, 0) is 26.9 Å². The number of ether oxygens (including phenoxy) is 2. The fraction of sp³-hybridized carbons (Fsp3) is 0.500. The van der Waals surface area contributed by atoms with E-state index in [9.17, 15) is 28.0 Å². The van der Waals surface area contributed by atoms with Crippen molar-refractivity contribution in [2.75, 3.05) is 49.8 Å². The molecule has 1 amide bonds. The number of carbonyl (C=O) groups is 2. The number of likely N-dealkylation sites (tertiary alicyclic amines) is 1. The molecule has 0 spiro atoms. The maximum absolute atomic E-state index is 14.2. The maximum atomic E-state index is 14.2. The number of thioether (sulfide) groups is 1. The third kappa shape index (κ3) is 6.98. The van der Waals surface area contributed by atoms with Crippen LogP contribution in [-0.4, -0.2) is 67.1 Å². The van der Waals surface area contributed by atoms with Gasteiger partial charge < -0.3 is 24.6 Å². The second-order valence-electron chi connectivity index (χ2n) is 11.1. The zero-order chi connectivity index (χ0) is 30.1. The molecular formula is C28H32F3N5O4S. The van der Waals surface area contributed by atoms with E-state index >= 15 is 0 Å². The van der Waals surface area contributed by atoms with Crippen LogP contribution >= 0.6 is 11.8 Å². The molecule has 41 heavy (non-hydrogen) atoms. The van der Waals surface area contributed by atoms with Crippen molar-refractivity contribution in [2.24, 2.45) is 11.8 Å². The van der Waals surface area contributed by atoms with Crippen LogP contribution in [0.3, 0.4) is 0 Å². The van der Waals surface area contributed by atoms with E-state index in [2.05, 4.69) is 10.3 Å². The van der Waals surface area contributed by atoms with Gasteiger partial charge in [-0.15, -0.1) is 11.8 Å². The Morgan fingerprint density at radius 2 is 1.80 bits per heavy atom. The molecule has 0 bridgehead atoms. The molecule has 1 N–H and O–H groups in total. The SMILES string of the molecule is COC(=O)Cc1ccc(SC)c(Nc2nc(N3C[C@H]4CN(C(=O)OC(C)(C)C)C[C@H]4C3)cc(C(F)(F)F)c2C#N)c1. The molecule has 13 heteroatoms. The third-order valence-corrected chi connectivity index (χ3v) is 7.77. The number of amides is 1. The van der Waals surface area contributed by atoms with Gasteiger partial charge in [-0.2, -0.15) is 18.4 Å². The lowest BCUT2D eigenvalue weighted by Gasteiger charge is -2.27. The van der Waals surface area contributed by atoms with Crippen molar-refractivity contribution >= 4 is 41.1 Å². The number of nitriles is 1. The van der Waals surface area contributed by atoms with E-state index in [1.54, 1.807) is 61.1 Å². The lowest BCUT2D eigenvalue weighted by molar-refractivity contribution is -0.140. The lowest BCUT2D eigenvalue weighted by atomic mass is 10.0. The predicted octanol–water partition coefficient (Wildman–Crippen LogP) is 5.46. The van der Waals surface area contributed by atoms with Crippen molar-refractivity contribution in [3.8, 4) is 6.07 Å². The highest BCUT2D eigenvalue weighted by Crippen LogP contribution is 2.41. The van der Waals surface area contributed by atoms with Gasteiger partial charge in [-0.05, 0) is 50.8 Å². The molecule has 1 aromatic heterocycles. The molecule has 2 fully saturated rings. The Kier molecular flexibility index (Phi) is 8.63. The maximum Gasteiger partial charge on any atom is 0.417 e. The molecule has 4 rings (SSSR count). The molecule has 2 atom stereocenters. The Labute approximate surface area is 241 Å². The number of nitrogens with zero attached hydrogens (tertiary/aromatic N) is 4. The third-order valence-electron chi connectivity index (χ3n) is 6.98.